The van der Waals surface area contributed by atoms with Crippen LogP contribution in [0.3, 0.4) is 0 Å². The third-order valence-electron chi connectivity index (χ3n) is 4.30. The zero-order valence-electron chi connectivity index (χ0n) is 14.2. The van der Waals surface area contributed by atoms with E-state index in [4.69, 9.17) is 0 Å². The van der Waals surface area contributed by atoms with Gasteiger partial charge in [-0.2, -0.15) is 0 Å². The highest BCUT2D eigenvalue weighted by Crippen LogP contribution is 2.23. The van der Waals surface area contributed by atoms with Crippen molar-refractivity contribution in [3.63, 3.8) is 0 Å². The molecule has 0 aliphatic heterocycles. The summed E-state index contributed by atoms with van der Waals surface area (Å²) in [5.74, 6) is 0.510. The Bertz CT molecular complexity index is 818. The molecule has 2 heterocycles. The topological polar surface area (TPSA) is 16.8 Å². The van der Waals surface area contributed by atoms with Crippen LogP contribution in [0.4, 0.5) is 0 Å². The highest BCUT2D eigenvalue weighted by molar-refractivity contribution is 5.64. The van der Waals surface area contributed by atoms with Gasteiger partial charge in [-0.1, -0.05) is 38.1 Å². The molecule has 0 amide bonds. The maximum Gasteiger partial charge on any atom is 0.212 e. The Labute approximate surface area is 138 Å². The highest BCUT2D eigenvalue weighted by atomic mass is 14.9. The summed E-state index contributed by atoms with van der Waals surface area (Å²) in [6, 6.07) is 17.1. The van der Waals surface area contributed by atoms with E-state index in [0.717, 1.165) is 11.3 Å². The fourth-order valence-corrected chi connectivity index (χ4v) is 2.82. The predicted octanol–water partition coefficient (Wildman–Crippen LogP) is 4.67. The average molecular weight is 303 g/mol. The van der Waals surface area contributed by atoms with Crippen molar-refractivity contribution in [2.75, 3.05) is 0 Å². The van der Waals surface area contributed by atoms with Crippen molar-refractivity contribution in [2.24, 2.45) is 7.05 Å². The molecule has 0 aliphatic carbocycles. The van der Waals surface area contributed by atoms with Crippen molar-refractivity contribution in [1.82, 2.24) is 4.98 Å². The number of hydrogen-bond donors (Lipinski definition) is 0. The molecule has 3 aromatic rings. The Morgan fingerprint density at radius 3 is 2.35 bits per heavy atom. The molecule has 3 rings (SSSR count). The predicted molar refractivity (Wildman–Crippen MR) is 95.1 cm³/mol. The second-order valence-electron chi connectivity index (χ2n) is 6.36. The van der Waals surface area contributed by atoms with Crippen LogP contribution in [0.15, 0.2) is 60.9 Å². The molecule has 0 spiro atoms. The van der Waals surface area contributed by atoms with Crippen molar-refractivity contribution in [1.29, 1.82) is 0 Å². The monoisotopic (exact) mass is 303 g/mol. The van der Waals surface area contributed by atoms with Gasteiger partial charge in [-0.05, 0) is 42.2 Å². The normalized spacial score (nSPS) is 11.0. The number of nitrogens with zero attached hydrogens (tertiary/aromatic N) is 2. The van der Waals surface area contributed by atoms with Crippen molar-refractivity contribution >= 4 is 0 Å². The molecule has 0 unspecified atom stereocenters. The van der Waals surface area contributed by atoms with E-state index in [-0.39, 0.29) is 0 Å². The number of benzene rings is 1. The molecule has 0 N–H and O–H groups in total. The summed E-state index contributed by atoms with van der Waals surface area (Å²) < 4.78 is 2.18. The molecule has 0 atom stereocenters. The molecule has 0 radical (unpaired) electrons. The van der Waals surface area contributed by atoms with Crippen LogP contribution in [0.5, 0.6) is 0 Å². The molecule has 0 aliphatic rings. The minimum absolute atomic E-state index is 0.510. The SMILES string of the molecule is Cc1ccccc1-c1ccc(-c2ccc(C(C)C)cn2)c[n+]1C. The van der Waals surface area contributed by atoms with Gasteiger partial charge in [0.2, 0.25) is 5.69 Å². The Morgan fingerprint density at radius 1 is 0.957 bits per heavy atom. The van der Waals surface area contributed by atoms with E-state index in [1.807, 2.05) is 6.20 Å². The van der Waals surface area contributed by atoms with Crippen LogP contribution in [0.1, 0.15) is 30.9 Å². The maximum atomic E-state index is 4.62. The first-order chi connectivity index (χ1) is 11.1. The van der Waals surface area contributed by atoms with Crippen molar-refractivity contribution in [2.45, 2.75) is 26.7 Å². The lowest BCUT2D eigenvalue weighted by molar-refractivity contribution is -0.659. The molecule has 1 aromatic carbocycles. The largest absolute Gasteiger partial charge is 0.256 e. The van der Waals surface area contributed by atoms with Crippen molar-refractivity contribution in [3.8, 4) is 22.5 Å². The van der Waals surface area contributed by atoms with E-state index in [1.54, 1.807) is 0 Å². The Morgan fingerprint density at radius 2 is 1.74 bits per heavy atom. The Balaban J connectivity index is 1.98. The van der Waals surface area contributed by atoms with Crippen LogP contribution < -0.4 is 4.57 Å². The summed E-state index contributed by atoms with van der Waals surface area (Å²) in [6.07, 6.45) is 4.13. The van der Waals surface area contributed by atoms with E-state index < -0.39 is 0 Å². The van der Waals surface area contributed by atoms with Gasteiger partial charge in [0.15, 0.2) is 6.20 Å². The van der Waals surface area contributed by atoms with Crippen LogP contribution in [-0.4, -0.2) is 4.98 Å². The van der Waals surface area contributed by atoms with Gasteiger partial charge in [-0.15, -0.1) is 0 Å². The molecule has 0 fully saturated rings. The molecule has 116 valence electrons. The second kappa shape index (κ2) is 6.33. The molecule has 23 heavy (non-hydrogen) atoms. The zero-order valence-corrected chi connectivity index (χ0v) is 14.2. The van der Waals surface area contributed by atoms with Crippen LogP contribution in [0.25, 0.3) is 22.5 Å². The van der Waals surface area contributed by atoms with Crippen LogP contribution in [0.2, 0.25) is 0 Å². The first-order valence-electron chi connectivity index (χ1n) is 8.08. The Hall–Kier alpha value is -2.48. The summed E-state index contributed by atoms with van der Waals surface area (Å²) >= 11 is 0. The summed E-state index contributed by atoms with van der Waals surface area (Å²) in [7, 11) is 2.09. The lowest BCUT2D eigenvalue weighted by atomic mass is 10.0. The number of rotatable bonds is 3. The van der Waals surface area contributed by atoms with Crippen molar-refractivity contribution in [3.05, 3.63) is 72.1 Å². The highest BCUT2D eigenvalue weighted by Gasteiger charge is 2.14. The van der Waals surface area contributed by atoms with Gasteiger partial charge in [0.1, 0.15) is 7.05 Å². The summed E-state index contributed by atoms with van der Waals surface area (Å²) in [4.78, 5) is 4.62. The summed E-state index contributed by atoms with van der Waals surface area (Å²) in [5.41, 5.74) is 7.20. The average Bonchev–Trinajstić information content (AvgIpc) is 2.56. The third kappa shape index (κ3) is 3.16. The zero-order chi connectivity index (χ0) is 16.4. The number of hydrogen-bond acceptors (Lipinski definition) is 1. The first-order valence-corrected chi connectivity index (χ1v) is 8.08. The van der Waals surface area contributed by atoms with E-state index >= 15 is 0 Å². The minimum Gasteiger partial charge on any atom is -0.256 e. The quantitative estimate of drug-likeness (QED) is 0.642. The first kappa shape index (κ1) is 15.4. The summed E-state index contributed by atoms with van der Waals surface area (Å²) in [5, 5.41) is 0. The molecular weight excluding hydrogens is 280 g/mol. The molecule has 0 saturated carbocycles. The minimum atomic E-state index is 0.510. The number of aryl methyl sites for hydroxylation is 2. The molecule has 2 aromatic heterocycles. The van der Waals surface area contributed by atoms with E-state index in [1.165, 1.54) is 22.4 Å². The molecule has 0 saturated heterocycles. The van der Waals surface area contributed by atoms with Gasteiger partial charge in [-0.25, -0.2) is 4.57 Å². The van der Waals surface area contributed by atoms with Gasteiger partial charge < -0.3 is 0 Å². The smallest absolute Gasteiger partial charge is 0.212 e. The van der Waals surface area contributed by atoms with Gasteiger partial charge in [-0.3, -0.25) is 4.98 Å². The maximum absolute atomic E-state index is 4.62. The van der Waals surface area contributed by atoms with Crippen LogP contribution >= 0.6 is 0 Å². The molecule has 0 bridgehead atoms. The van der Waals surface area contributed by atoms with E-state index in [2.05, 4.69) is 92.1 Å². The van der Waals surface area contributed by atoms with E-state index in [0.29, 0.717) is 5.92 Å². The Kier molecular flexibility index (Phi) is 4.24. The molecule has 2 heteroatoms. The molecule has 2 nitrogen and oxygen atoms in total. The lowest BCUT2D eigenvalue weighted by Gasteiger charge is -2.07. The lowest BCUT2D eigenvalue weighted by Crippen LogP contribution is -2.30. The van der Waals surface area contributed by atoms with Gasteiger partial charge >= 0.3 is 0 Å². The van der Waals surface area contributed by atoms with Gasteiger partial charge in [0.05, 0.1) is 11.3 Å². The van der Waals surface area contributed by atoms with Crippen LogP contribution in [-0.2, 0) is 7.05 Å². The van der Waals surface area contributed by atoms with E-state index in [9.17, 15) is 0 Å². The number of aromatic nitrogens is 2. The standard InChI is InChI=1S/C21H23N2/c1-15(2)17-9-11-20(22-13-17)18-10-12-21(23(4)14-18)19-8-6-5-7-16(19)3/h5-15H,1-4H3/q+1. The van der Waals surface area contributed by atoms with Gasteiger partial charge in [0.25, 0.3) is 0 Å². The number of pyridine rings is 2. The van der Waals surface area contributed by atoms with Crippen molar-refractivity contribution < 1.29 is 4.57 Å². The summed E-state index contributed by atoms with van der Waals surface area (Å²) in [6.45, 7) is 6.52. The van der Waals surface area contributed by atoms with Crippen LogP contribution in [0, 0.1) is 6.92 Å². The second-order valence-corrected chi connectivity index (χ2v) is 6.36. The third-order valence-corrected chi connectivity index (χ3v) is 4.30. The fraction of sp³-hybridized carbons (Fsp3) is 0.238. The fourth-order valence-electron chi connectivity index (χ4n) is 2.82. The van der Waals surface area contributed by atoms with Gasteiger partial charge in [0, 0.05) is 17.8 Å². The molecular formula is C21H23N2+.